The Hall–Kier alpha value is -4.00. The van der Waals surface area contributed by atoms with Crippen LogP contribution in [-0.4, -0.2) is 20.2 Å². The summed E-state index contributed by atoms with van der Waals surface area (Å²) in [7, 11) is 0. The molecule has 8 heteroatoms. The van der Waals surface area contributed by atoms with Gasteiger partial charge in [-0.3, -0.25) is 14.6 Å². The number of hydrogen-bond acceptors (Lipinski definition) is 5. The van der Waals surface area contributed by atoms with E-state index in [1.807, 2.05) is 0 Å². The summed E-state index contributed by atoms with van der Waals surface area (Å²) in [6.07, 6.45) is 2.57. The van der Waals surface area contributed by atoms with Crippen molar-refractivity contribution >= 4 is 17.8 Å². The highest BCUT2D eigenvalue weighted by atomic mass is 16.3. The first-order valence-corrected chi connectivity index (χ1v) is 6.93. The summed E-state index contributed by atoms with van der Waals surface area (Å²) in [5.41, 5.74) is 1.97. The molecular weight excluding hydrogens is 324 g/mol. The number of nitrogens with one attached hydrogen (secondary N) is 2. The van der Waals surface area contributed by atoms with Gasteiger partial charge in [-0.2, -0.15) is 5.26 Å². The van der Waals surface area contributed by atoms with Gasteiger partial charge in [0, 0.05) is 11.1 Å². The Morgan fingerprint density at radius 3 is 2.24 bits per heavy atom. The van der Waals surface area contributed by atoms with E-state index in [-0.39, 0.29) is 33.5 Å². The van der Waals surface area contributed by atoms with Crippen molar-refractivity contribution in [1.29, 1.82) is 5.26 Å². The highest BCUT2D eigenvalue weighted by Crippen LogP contribution is 2.28. The van der Waals surface area contributed by atoms with Crippen molar-refractivity contribution in [3.8, 4) is 17.8 Å². The maximum atomic E-state index is 11.9. The number of nitriles is 1. The Morgan fingerprint density at radius 1 is 1.04 bits per heavy atom. The van der Waals surface area contributed by atoms with Crippen molar-refractivity contribution < 1.29 is 10.2 Å². The van der Waals surface area contributed by atoms with E-state index >= 15 is 0 Å². The molecule has 0 aliphatic carbocycles. The van der Waals surface area contributed by atoms with Crippen LogP contribution in [0.25, 0.3) is 17.0 Å². The third kappa shape index (κ3) is 3.06. The van der Waals surface area contributed by atoms with Crippen LogP contribution < -0.4 is 11.1 Å². The lowest BCUT2D eigenvalue weighted by Crippen LogP contribution is -2.12. The van der Waals surface area contributed by atoms with Gasteiger partial charge in [-0.15, -0.1) is 5.73 Å². The summed E-state index contributed by atoms with van der Waals surface area (Å²) in [5.74, 6) is -0.938. The molecule has 0 aliphatic heterocycles. The lowest BCUT2D eigenvalue weighted by Gasteiger charge is -2.04. The molecule has 0 atom stereocenters. The first-order valence-electron chi connectivity index (χ1n) is 6.93. The molecule has 124 valence electrons. The average Bonchev–Trinajstić information content (AvgIpc) is 2.53. The lowest BCUT2D eigenvalue weighted by molar-refractivity contribution is 0.449. The predicted molar refractivity (Wildman–Crippen MR) is 90.3 cm³/mol. The standard InChI is InChI=1S/C17H12N4O4/c1-8-10(14(22)20-16(24)12(8)7-18)5-4-6-11-9(2)13(19-3)17(25)21-15(11)23/h5-6H,1-2H3,(H2,20,22,24)(H2,21,23,25). The summed E-state index contributed by atoms with van der Waals surface area (Å²) in [4.78, 5) is 30.9. The summed E-state index contributed by atoms with van der Waals surface area (Å²) in [6, 6.07) is 1.75. The van der Waals surface area contributed by atoms with Crippen LogP contribution in [-0.2, 0) is 0 Å². The van der Waals surface area contributed by atoms with Gasteiger partial charge in [0.1, 0.15) is 11.6 Å². The number of rotatable bonds is 2. The Labute approximate surface area is 141 Å². The molecule has 2 heterocycles. The first-order chi connectivity index (χ1) is 11.8. The van der Waals surface area contributed by atoms with Gasteiger partial charge in [0.25, 0.3) is 11.1 Å². The molecule has 0 saturated carbocycles. The van der Waals surface area contributed by atoms with E-state index in [2.05, 4.69) is 20.5 Å². The van der Waals surface area contributed by atoms with E-state index in [0.717, 1.165) is 0 Å². The third-order valence-corrected chi connectivity index (χ3v) is 3.63. The van der Waals surface area contributed by atoms with Crippen LogP contribution in [0.5, 0.6) is 11.8 Å². The average molecular weight is 336 g/mol. The molecule has 8 nitrogen and oxygen atoms in total. The largest absolute Gasteiger partial charge is 0.503 e. The van der Waals surface area contributed by atoms with Gasteiger partial charge in [-0.1, -0.05) is 0 Å². The second-order valence-corrected chi connectivity index (χ2v) is 5.09. The zero-order valence-electron chi connectivity index (χ0n) is 13.3. The van der Waals surface area contributed by atoms with E-state index in [1.165, 1.54) is 26.0 Å². The summed E-state index contributed by atoms with van der Waals surface area (Å²) >= 11 is 0. The maximum absolute atomic E-state index is 11.9. The van der Waals surface area contributed by atoms with Gasteiger partial charge in [0.05, 0.1) is 6.57 Å². The summed E-state index contributed by atoms with van der Waals surface area (Å²) < 4.78 is 0. The van der Waals surface area contributed by atoms with E-state index in [1.54, 1.807) is 6.07 Å². The summed E-state index contributed by atoms with van der Waals surface area (Å²) in [5, 5.41) is 28.4. The molecule has 0 unspecified atom stereocenters. The molecule has 2 aromatic heterocycles. The van der Waals surface area contributed by atoms with Gasteiger partial charge in [0.15, 0.2) is 11.8 Å². The second kappa shape index (κ2) is 6.63. The first kappa shape index (κ1) is 17.4. The fourth-order valence-corrected chi connectivity index (χ4v) is 2.26. The smallest absolute Gasteiger partial charge is 0.268 e. The second-order valence-electron chi connectivity index (χ2n) is 5.09. The van der Waals surface area contributed by atoms with Crippen LogP contribution in [0, 0.1) is 31.8 Å². The molecule has 4 N–H and O–H groups in total. The third-order valence-electron chi connectivity index (χ3n) is 3.63. The van der Waals surface area contributed by atoms with Crippen molar-refractivity contribution in [3.63, 3.8) is 0 Å². The minimum atomic E-state index is -0.703. The minimum Gasteiger partial charge on any atom is -0.503 e. The molecule has 0 bridgehead atoms. The van der Waals surface area contributed by atoms with Crippen LogP contribution in [0.1, 0.15) is 27.8 Å². The number of aromatic nitrogens is 2. The van der Waals surface area contributed by atoms with E-state index in [9.17, 15) is 19.8 Å². The number of aromatic hydroxyl groups is 2. The van der Waals surface area contributed by atoms with Crippen molar-refractivity contribution in [2.75, 3.05) is 0 Å². The molecule has 0 aliphatic rings. The number of pyridine rings is 2. The molecule has 0 spiro atoms. The maximum Gasteiger partial charge on any atom is 0.268 e. The molecule has 0 saturated heterocycles. The van der Waals surface area contributed by atoms with Crippen LogP contribution in [0.15, 0.2) is 15.3 Å². The molecule has 2 aromatic rings. The monoisotopic (exact) mass is 336 g/mol. The van der Waals surface area contributed by atoms with Gasteiger partial charge in [-0.25, -0.2) is 4.85 Å². The highest BCUT2D eigenvalue weighted by Gasteiger charge is 2.13. The fourth-order valence-electron chi connectivity index (χ4n) is 2.26. The molecule has 0 fully saturated rings. The summed E-state index contributed by atoms with van der Waals surface area (Å²) in [6.45, 7) is 10.0. The Balaban J connectivity index is 2.64. The van der Waals surface area contributed by atoms with Crippen molar-refractivity contribution in [2.45, 2.75) is 13.8 Å². The topological polar surface area (TPSA) is 134 Å². The fraction of sp³-hybridized carbons (Fsp3) is 0.118. The number of nitrogens with zero attached hydrogens (tertiary/aromatic N) is 2. The van der Waals surface area contributed by atoms with E-state index < -0.39 is 22.9 Å². The number of aromatic amines is 2. The zero-order valence-corrected chi connectivity index (χ0v) is 13.3. The van der Waals surface area contributed by atoms with Gasteiger partial charge >= 0.3 is 0 Å². The Bertz CT molecular complexity index is 1130. The molecule has 0 aromatic carbocycles. The van der Waals surface area contributed by atoms with Crippen LogP contribution in [0.4, 0.5) is 5.69 Å². The van der Waals surface area contributed by atoms with Crippen LogP contribution in [0.2, 0.25) is 0 Å². The number of hydrogen-bond donors (Lipinski definition) is 4. The SMILES string of the molecule is [C-]#[N+]c1c(O)[nH]c(=O)c(C=C=Cc2c(O)[nH]c(=O)c(C#N)c2C)c1C. The van der Waals surface area contributed by atoms with Gasteiger partial charge < -0.3 is 15.2 Å². The van der Waals surface area contributed by atoms with Crippen molar-refractivity contribution in [1.82, 2.24) is 9.97 Å². The molecule has 2 rings (SSSR count). The van der Waals surface area contributed by atoms with Gasteiger partial charge in [0.2, 0.25) is 5.69 Å². The van der Waals surface area contributed by atoms with E-state index in [4.69, 9.17) is 11.8 Å². The molecular formula is C17H12N4O4. The normalized spacial score (nSPS) is 9.60. The van der Waals surface area contributed by atoms with Gasteiger partial charge in [-0.05, 0) is 37.1 Å². The van der Waals surface area contributed by atoms with E-state index in [0.29, 0.717) is 0 Å². The minimum absolute atomic E-state index is 0.0810. The Morgan fingerprint density at radius 2 is 1.64 bits per heavy atom. The molecule has 0 radical (unpaired) electrons. The van der Waals surface area contributed by atoms with Crippen LogP contribution in [0.3, 0.4) is 0 Å². The Kier molecular flexibility index (Phi) is 4.60. The quantitative estimate of drug-likeness (QED) is 0.490. The van der Waals surface area contributed by atoms with Crippen molar-refractivity contribution in [3.05, 3.63) is 65.7 Å². The molecule has 25 heavy (non-hydrogen) atoms. The number of H-pyrrole nitrogens is 2. The van der Waals surface area contributed by atoms with Crippen molar-refractivity contribution in [2.24, 2.45) is 0 Å². The predicted octanol–water partition coefficient (Wildman–Crippen LogP) is 1.84. The lowest BCUT2D eigenvalue weighted by atomic mass is 10.1. The van der Waals surface area contributed by atoms with Crippen LogP contribution >= 0.6 is 0 Å². The highest BCUT2D eigenvalue weighted by molar-refractivity contribution is 5.70. The molecule has 0 amide bonds. The zero-order chi connectivity index (χ0) is 18.7.